The molecule has 1 N–H and O–H groups in total. The van der Waals surface area contributed by atoms with Crippen molar-refractivity contribution in [3.8, 4) is 0 Å². The Balaban J connectivity index is 1.77. The van der Waals surface area contributed by atoms with Gasteiger partial charge in [0.05, 0.1) is 6.10 Å². The molecule has 0 radical (unpaired) electrons. The van der Waals surface area contributed by atoms with Gasteiger partial charge in [0.15, 0.2) is 0 Å². The number of ether oxygens (including phenoxy) is 1. The third kappa shape index (κ3) is 2.49. The van der Waals surface area contributed by atoms with Crippen molar-refractivity contribution in [2.45, 2.75) is 38.7 Å². The summed E-state index contributed by atoms with van der Waals surface area (Å²) >= 11 is 1.89. The first-order valence-corrected chi connectivity index (χ1v) is 8.07. The van der Waals surface area contributed by atoms with E-state index in [4.69, 9.17) is 4.74 Å². The zero-order chi connectivity index (χ0) is 12.4. The molecule has 18 heavy (non-hydrogen) atoms. The fourth-order valence-electron chi connectivity index (χ4n) is 3.32. The van der Waals surface area contributed by atoms with Gasteiger partial charge in [-0.15, -0.1) is 11.3 Å². The van der Waals surface area contributed by atoms with Crippen molar-refractivity contribution in [2.24, 2.45) is 11.3 Å². The number of nitrogens with one attached hydrogen (secondary N) is 1. The lowest BCUT2D eigenvalue weighted by Gasteiger charge is -2.34. The Morgan fingerprint density at radius 3 is 3.06 bits per heavy atom. The molecule has 3 heteroatoms. The average Bonchev–Trinajstić information content (AvgIpc) is 2.94. The molecule has 0 aromatic carbocycles. The number of rotatable bonds is 6. The van der Waals surface area contributed by atoms with Crippen molar-refractivity contribution in [1.29, 1.82) is 0 Å². The summed E-state index contributed by atoms with van der Waals surface area (Å²) in [5.41, 5.74) is 0.349. The van der Waals surface area contributed by atoms with Gasteiger partial charge in [-0.2, -0.15) is 0 Å². The Hall–Kier alpha value is -0.380. The molecule has 2 atom stereocenters. The van der Waals surface area contributed by atoms with E-state index in [0.717, 1.165) is 25.6 Å². The van der Waals surface area contributed by atoms with Crippen LogP contribution >= 0.6 is 11.3 Å². The molecule has 1 saturated heterocycles. The van der Waals surface area contributed by atoms with Crippen molar-refractivity contribution in [3.63, 3.8) is 0 Å². The predicted molar refractivity (Wildman–Crippen MR) is 76.1 cm³/mol. The lowest BCUT2D eigenvalue weighted by atomic mass is 9.75. The molecule has 2 fully saturated rings. The molecule has 2 aliphatic rings. The van der Waals surface area contributed by atoms with E-state index in [1.165, 1.54) is 30.6 Å². The normalized spacial score (nSPS) is 31.9. The molecule has 0 amide bonds. The summed E-state index contributed by atoms with van der Waals surface area (Å²) < 4.78 is 6.10. The van der Waals surface area contributed by atoms with Crippen molar-refractivity contribution >= 4 is 11.3 Å². The second-order valence-corrected chi connectivity index (χ2v) is 6.81. The summed E-state index contributed by atoms with van der Waals surface area (Å²) in [4.78, 5) is 1.52. The maximum absolute atomic E-state index is 6.10. The van der Waals surface area contributed by atoms with Crippen LogP contribution in [0.25, 0.3) is 0 Å². The molecule has 1 aromatic rings. The largest absolute Gasteiger partial charge is 0.377 e. The molecule has 1 aliphatic heterocycles. The topological polar surface area (TPSA) is 21.3 Å². The highest BCUT2D eigenvalue weighted by molar-refractivity contribution is 7.09. The van der Waals surface area contributed by atoms with Crippen LogP contribution in [-0.2, 0) is 11.2 Å². The maximum Gasteiger partial charge on any atom is 0.0675 e. The maximum atomic E-state index is 6.10. The highest BCUT2D eigenvalue weighted by atomic mass is 32.1. The van der Waals surface area contributed by atoms with Gasteiger partial charge in [-0.05, 0) is 49.6 Å². The summed E-state index contributed by atoms with van der Waals surface area (Å²) in [7, 11) is 0. The van der Waals surface area contributed by atoms with Gasteiger partial charge in [-0.3, -0.25) is 0 Å². The minimum atomic E-state index is 0.349. The van der Waals surface area contributed by atoms with Crippen molar-refractivity contribution in [1.82, 2.24) is 5.32 Å². The standard InChI is InChI=1S/C15H23NOS/c1-2-16-11-15(10-13-4-3-9-18-13)7-8-17-14(15)12-5-6-12/h3-4,9,12,14,16H,2,5-8,10-11H2,1H3. The third-order valence-corrected chi connectivity index (χ3v) is 5.26. The lowest BCUT2D eigenvalue weighted by molar-refractivity contribution is 0.0312. The fraction of sp³-hybridized carbons (Fsp3) is 0.733. The fourth-order valence-corrected chi connectivity index (χ4v) is 4.18. The van der Waals surface area contributed by atoms with Crippen LogP contribution in [0.5, 0.6) is 0 Å². The van der Waals surface area contributed by atoms with Gasteiger partial charge in [0.2, 0.25) is 0 Å². The van der Waals surface area contributed by atoms with Crippen LogP contribution in [0.2, 0.25) is 0 Å². The van der Waals surface area contributed by atoms with Gasteiger partial charge in [0.1, 0.15) is 0 Å². The lowest BCUT2D eigenvalue weighted by Crippen LogP contribution is -2.43. The monoisotopic (exact) mass is 265 g/mol. The molecule has 2 heterocycles. The van der Waals surface area contributed by atoms with E-state index in [1.807, 2.05) is 11.3 Å². The van der Waals surface area contributed by atoms with Gasteiger partial charge in [0, 0.05) is 23.4 Å². The van der Waals surface area contributed by atoms with Crippen LogP contribution in [0.3, 0.4) is 0 Å². The minimum Gasteiger partial charge on any atom is -0.377 e. The zero-order valence-corrected chi connectivity index (χ0v) is 12.0. The first-order chi connectivity index (χ1) is 8.84. The van der Waals surface area contributed by atoms with Crippen molar-refractivity contribution < 1.29 is 4.74 Å². The van der Waals surface area contributed by atoms with Crippen LogP contribution in [0, 0.1) is 11.3 Å². The van der Waals surface area contributed by atoms with E-state index >= 15 is 0 Å². The van der Waals surface area contributed by atoms with Gasteiger partial charge in [-0.25, -0.2) is 0 Å². The van der Waals surface area contributed by atoms with Gasteiger partial charge >= 0.3 is 0 Å². The van der Waals surface area contributed by atoms with Gasteiger partial charge in [0.25, 0.3) is 0 Å². The number of thiophene rings is 1. The molecular weight excluding hydrogens is 242 g/mol. The summed E-state index contributed by atoms with van der Waals surface area (Å²) in [6, 6.07) is 4.45. The second kappa shape index (κ2) is 5.32. The Labute approximate surface area is 114 Å². The zero-order valence-electron chi connectivity index (χ0n) is 11.2. The molecular formula is C15H23NOS. The smallest absolute Gasteiger partial charge is 0.0675 e. The van der Waals surface area contributed by atoms with Crippen LogP contribution in [0.15, 0.2) is 17.5 Å². The Kier molecular flexibility index (Phi) is 3.73. The summed E-state index contributed by atoms with van der Waals surface area (Å²) in [6.07, 6.45) is 5.67. The highest BCUT2D eigenvalue weighted by Crippen LogP contribution is 2.49. The summed E-state index contributed by atoms with van der Waals surface area (Å²) in [6.45, 7) is 5.32. The first kappa shape index (κ1) is 12.6. The van der Waals surface area contributed by atoms with Crippen molar-refractivity contribution in [2.75, 3.05) is 19.7 Å². The SMILES string of the molecule is CCNCC1(Cc2cccs2)CCOC1C1CC1. The number of hydrogen-bond donors (Lipinski definition) is 1. The molecule has 0 spiro atoms. The summed E-state index contributed by atoms with van der Waals surface area (Å²) in [5, 5.41) is 5.77. The highest BCUT2D eigenvalue weighted by Gasteiger charge is 2.50. The molecule has 1 aliphatic carbocycles. The predicted octanol–water partition coefficient (Wildman–Crippen LogP) is 3.09. The van der Waals surface area contributed by atoms with E-state index in [0.29, 0.717) is 11.5 Å². The van der Waals surface area contributed by atoms with Crippen LogP contribution in [-0.4, -0.2) is 25.8 Å². The van der Waals surface area contributed by atoms with Crippen LogP contribution in [0.1, 0.15) is 31.1 Å². The van der Waals surface area contributed by atoms with Gasteiger partial charge < -0.3 is 10.1 Å². The number of hydrogen-bond acceptors (Lipinski definition) is 3. The van der Waals surface area contributed by atoms with Crippen molar-refractivity contribution in [3.05, 3.63) is 22.4 Å². The minimum absolute atomic E-state index is 0.349. The molecule has 2 unspecified atom stereocenters. The van der Waals surface area contributed by atoms with Gasteiger partial charge in [-0.1, -0.05) is 13.0 Å². The van der Waals surface area contributed by atoms with E-state index in [9.17, 15) is 0 Å². The van der Waals surface area contributed by atoms with E-state index < -0.39 is 0 Å². The van der Waals surface area contributed by atoms with Crippen LogP contribution in [0.4, 0.5) is 0 Å². The Morgan fingerprint density at radius 1 is 1.50 bits per heavy atom. The third-order valence-electron chi connectivity index (χ3n) is 4.38. The molecule has 1 aromatic heterocycles. The molecule has 3 rings (SSSR count). The van der Waals surface area contributed by atoms with E-state index in [-0.39, 0.29) is 0 Å². The Bertz CT molecular complexity index is 374. The summed E-state index contributed by atoms with van der Waals surface area (Å²) in [5.74, 6) is 0.839. The molecule has 2 nitrogen and oxygen atoms in total. The first-order valence-electron chi connectivity index (χ1n) is 7.19. The second-order valence-electron chi connectivity index (χ2n) is 5.78. The Morgan fingerprint density at radius 2 is 2.39 bits per heavy atom. The van der Waals surface area contributed by atoms with Crippen LogP contribution < -0.4 is 5.32 Å². The molecule has 1 saturated carbocycles. The average molecular weight is 265 g/mol. The van der Waals surface area contributed by atoms with E-state index in [1.54, 1.807) is 0 Å². The van der Waals surface area contributed by atoms with E-state index in [2.05, 4.69) is 29.8 Å². The molecule has 0 bridgehead atoms. The quantitative estimate of drug-likeness (QED) is 0.853. The molecule has 100 valence electrons.